The number of rotatable bonds is 2. The van der Waals surface area contributed by atoms with Gasteiger partial charge in [0.25, 0.3) is 0 Å². The van der Waals surface area contributed by atoms with Crippen LogP contribution in [0.15, 0.2) is 42.5 Å². The summed E-state index contributed by atoms with van der Waals surface area (Å²) in [6.07, 6.45) is 1.11. The third kappa shape index (κ3) is 2.45. The van der Waals surface area contributed by atoms with Crippen LogP contribution in [0.5, 0.6) is 0 Å². The molecular weight excluding hydrogens is 244 g/mol. The van der Waals surface area contributed by atoms with Crippen LogP contribution in [0.1, 0.15) is 27.8 Å². The Bertz CT molecular complexity index is 667. The van der Waals surface area contributed by atoms with E-state index in [9.17, 15) is 5.26 Å². The molecule has 2 aromatic rings. The predicted molar refractivity (Wildman–Crippen MR) is 80.2 cm³/mol. The summed E-state index contributed by atoms with van der Waals surface area (Å²) >= 11 is 0. The second kappa shape index (κ2) is 5.48. The molecule has 3 rings (SSSR count). The molecule has 100 valence electrons. The largest absolute Gasteiger partial charge is 0.294 e. The van der Waals surface area contributed by atoms with Gasteiger partial charge in [-0.25, -0.2) is 0 Å². The molecule has 0 spiro atoms. The molecule has 0 aliphatic carbocycles. The van der Waals surface area contributed by atoms with Crippen LogP contribution in [0, 0.1) is 18.3 Å². The lowest BCUT2D eigenvalue weighted by Crippen LogP contribution is -2.30. The van der Waals surface area contributed by atoms with Gasteiger partial charge in [0.1, 0.15) is 0 Å². The molecule has 0 aromatic heterocycles. The molecule has 2 heteroatoms. The molecule has 1 heterocycles. The molecule has 0 amide bonds. The lowest BCUT2D eigenvalue weighted by Gasteiger charge is -2.30. The van der Waals surface area contributed by atoms with Crippen molar-refractivity contribution >= 4 is 0 Å². The van der Waals surface area contributed by atoms with Crippen LogP contribution in [-0.4, -0.2) is 11.4 Å². The molecule has 2 aromatic carbocycles. The third-order valence-corrected chi connectivity index (χ3v) is 4.11. The Morgan fingerprint density at radius 2 is 2.00 bits per heavy atom. The molecule has 1 aliphatic rings. The summed E-state index contributed by atoms with van der Waals surface area (Å²) in [6, 6.07) is 16.7. The van der Waals surface area contributed by atoms with Gasteiger partial charge < -0.3 is 0 Å². The first-order chi connectivity index (χ1) is 9.78. The first-order valence-electron chi connectivity index (χ1n) is 7.05. The normalized spacial score (nSPS) is 14.6. The second-order valence-electron chi connectivity index (χ2n) is 5.44. The van der Waals surface area contributed by atoms with Gasteiger partial charge in [-0.2, -0.15) is 5.26 Å². The smallest absolute Gasteiger partial charge is 0.0995 e. The summed E-state index contributed by atoms with van der Waals surface area (Å²) in [5.41, 5.74) is 6.27. The molecule has 2 nitrogen and oxygen atoms in total. The van der Waals surface area contributed by atoms with E-state index in [1.54, 1.807) is 0 Å². The first kappa shape index (κ1) is 12.9. The number of aryl methyl sites for hydroxylation is 1. The molecule has 0 N–H and O–H groups in total. The highest BCUT2D eigenvalue weighted by molar-refractivity contribution is 5.38. The van der Waals surface area contributed by atoms with Crippen molar-refractivity contribution in [2.24, 2.45) is 0 Å². The maximum Gasteiger partial charge on any atom is 0.0995 e. The maximum absolute atomic E-state index is 9.17. The predicted octanol–water partition coefficient (Wildman–Crippen LogP) is 3.43. The van der Waals surface area contributed by atoms with E-state index in [1.165, 1.54) is 16.7 Å². The van der Waals surface area contributed by atoms with Crippen molar-refractivity contribution in [1.82, 2.24) is 4.90 Å². The molecule has 0 atom stereocenters. The van der Waals surface area contributed by atoms with Gasteiger partial charge in [0.2, 0.25) is 0 Å². The Morgan fingerprint density at radius 3 is 2.85 bits per heavy atom. The van der Waals surface area contributed by atoms with Crippen molar-refractivity contribution in [2.75, 3.05) is 6.54 Å². The SMILES string of the molecule is Cc1cccc2c1CCN(Cc1ccccc1C#N)C2. The van der Waals surface area contributed by atoms with E-state index in [4.69, 9.17) is 0 Å². The standard InChI is InChI=1S/C18H18N2/c1-14-5-4-8-17-13-20(10-9-18(14)17)12-16-7-3-2-6-15(16)11-19/h2-8H,9-10,12-13H2,1H3. The molecule has 0 radical (unpaired) electrons. The Morgan fingerprint density at radius 1 is 1.15 bits per heavy atom. The van der Waals surface area contributed by atoms with E-state index in [-0.39, 0.29) is 0 Å². The van der Waals surface area contributed by atoms with E-state index < -0.39 is 0 Å². The van der Waals surface area contributed by atoms with Gasteiger partial charge >= 0.3 is 0 Å². The highest BCUT2D eigenvalue weighted by Crippen LogP contribution is 2.23. The van der Waals surface area contributed by atoms with Gasteiger partial charge in [0.15, 0.2) is 0 Å². The van der Waals surface area contributed by atoms with Crippen LogP contribution in [0.25, 0.3) is 0 Å². The number of benzene rings is 2. The number of hydrogen-bond donors (Lipinski definition) is 0. The summed E-state index contributed by atoms with van der Waals surface area (Å²) < 4.78 is 0. The van der Waals surface area contributed by atoms with Gasteiger partial charge in [0, 0.05) is 19.6 Å². The summed E-state index contributed by atoms with van der Waals surface area (Å²) in [5.74, 6) is 0. The molecule has 0 bridgehead atoms. The van der Waals surface area contributed by atoms with Crippen molar-refractivity contribution in [1.29, 1.82) is 5.26 Å². The monoisotopic (exact) mass is 262 g/mol. The van der Waals surface area contributed by atoms with Crippen molar-refractivity contribution < 1.29 is 0 Å². The maximum atomic E-state index is 9.17. The molecule has 0 fully saturated rings. The fraction of sp³-hybridized carbons (Fsp3) is 0.278. The second-order valence-corrected chi connectivity index (χ2v) is 5.44. The van der Waals surface area contributed by atoms with Gasteiger partial charge in [-0.15, -0.1) is 0 Å². The van der Waals surface area contributed by atoms with Crippen LogP contribution < -0.4 is 0 Å². The summed E-state index contributed by atoms with van der Waals surface area (Å²) in [7, 11) is 0. The summed E-state index contributed by atoms with van der Waals surface area (Å²) in [4.78, 5) is 2.43. The van der Waals surface area contributed by atoms with Crippen LogP contribution in [-0.2, 0) is 19.5 Å². The molecule has 0 saturated carbocycles. The molecule has 1 aliphatic heterocycles. The lowest BCUT2D eigenvalue weighted by molar-refractivity contribution is 0.245. The van der Waals surface area contributed by atoms with E-state index in [1.807, 2.05) is 18.2 Å². The average Bonchev–Trinajstić information content (AvgIpc) is 2.48. The number of nitrogens with zero attached hydrogens (tertiary/aromatic N) is 2. The molecule has 0 saturated heterocycles. The molecule has 0 unspecified atom stereocenters. The van der Waals surface area contributed by atoms with E-state index in [0.717, 1.165) is 37.2 Å². The number of fused-ring (bicyclic) bond motifs is 1. The van der Waals surface area contributed by atoms with E-state index in [0.29, 0.717) is 0 Å². The molecular formula is C18H18N2. The van der Waals surface area contributed by atoms with Crippen molar-refractivity contribution in [3.63, 3.8) is 0 Å². The van der Waals surface area contributed by atoms with Crippen LogP contribution >= 0.6 is 0 Å². The number of nitriles is 1. The van der Waals surface area contributed by atoms with Crippen LogP contribution in [0.2, 0.25) is 0 Å². The van der Waals surface area contributed by atoms with Crippen molar-refractivity contribution in [3.8, 4) is 6.07 Å². The minimum Gasteiger partial charge on any atom is -0.294 e. The fourth-order valence-electron chi connectivity index (χ4n) is 3.00. The van der Waals surface area contributed by atoms with Crippen molar-refractivity contribution in [3.05, 3.63) is 70.3 Å². The zero-order valence-corrected chi connectivity index (χ0v) is 11.8. The zero-order chi connectivity index (χ0) is 13.9. The lowest BCUT2D eigenvalue weighted by atomic mass is 9.95. The topological polar surface area (TPSA) is 27.0 Å². The van der Waals surface area contributed by atoms with Crippen LogP contribution in [0.3, 0.4) is 0 Å². The zero-order valence-electron chi connectivity index (χ0n) is 11.8. The fourth-order valence-corrected chi connectivity index (χ4v) is 3.00. The van der Waals surface area contributed by atoms with E-state index in [2.05, 4.69) is 42.2 Å². The first-order valence-corrected chi connectivity index (χ1v) is 7.05. The minimum atomic E-state index is 0.794. The van der Waals surface area contributed by atoms with Crippen molar-refractivity contribution in [2.45, 2.75) is 26.4 Å². The Labute approximate surface area is 120 Å². The van der Waals surface area contributed by atoms with Gasteiger partial charge in [-0.1, -0.05) is 36.4 Å². The number of hydrogen-bond acceptors (Lipinski definition) is 2. The summed E-state index contributed by atoms with van der Waals surface area (Å²) in [6.45, 7) is 5.10. The van der Waals surface area contributed by atoms with Gasteiger partial charge in [-0.05, 0) is 41.7 Å². The quantitative estimate of drug-likeness (QED) is 0.829. The van der Waals surface area contributed by atoms with Gasteiger partial charge in [0.05, 0.1) is 11.6 Å². The average molecular weight is 262 g/mol. The molecule has 20 heavy (non-hydrogen) atoms. The third-order valence-electron chi connectivity index (χ3n) is 4.11. The Balaban J connectivity index is 1.80. The summed E-state index contributed by atoms with van der Waals surface area (Å²) in [5, 5.41) is 9.17. The minimum absolute atomic E-state index is 0.794. The Kier molecular flexibility index (Phi) is 3.54. The Hall–Kier alpha value is -2.11. The van der Waals surface area contributed by atoms with Gasteiger partial charge in [-0.3, -0.25) is 4.90 Å². The van der Waals surface area contributed by atoms with E-state index >= 15 is 0 Å². The highest BCUT2D eigenvalue weighted by Gasteiger charge is 2.18. The van der Waals surface area contributed by atoms with Crippen LogP contribution in [0.4, 0.5) is 0 Å². The highest BCUT2D eigenvalue weighted by atomic mass is 15.1.